The Hall–Kier alpha value is -7.22. The lowest BCUT2D eigenvalue weighted by Gasteiger charge is -2.32. The molecule has 0 unspecified atom stereocenters. The van der Waals surface area contributed by atoms with Crippen molar-refractivity contribution in [1.82, 2.24) is 0 Å². The summed E-state index contributed by atoms with van der Waals surface area (Å²) in [6.45, 7) is 4.71. The summed E-state index contributed by atoms with van der Waals surface area (Å²) in [6, 6.07) is 79.3. The molecule has 12 rings (SSSR count). The van der Waals surface area contributed by atoms with Gasteiger partial charge in [-0.2, -0.15) is 0 Å². The third-order valence-corrected chi connectivity index (χ3v) is 13.5. The fraction of sp³-hybridized carbons (Fsp3) is 0.0690. The van der Waals surface area contributed by atoms with Crippen molar-refractivity contribution in [2.24, 2.45) is 0 Å². The molecule has 278 valence electrons. The molecule has 0 aromatic heterocycles. The minimum atomic E-state index is -0.484. The molecule has 9 aromatic carbocycles. The van der Waals surface area contributed by atoms with E-state index in [9.17, 15) is 0 Å². The third-order valence-electron chi connectivity index (χ3n) is 13.5. The van der Waals surface area contributed by atoms with Gasteiger partial charge in [0.2, 0.25) is 0 Å². The molecule has 3 aliphatic carbocycles. The summed E-state index contributed by atoms with van der Waals surface area (Å²) in [7, 11) is 0. The first-order valence-electron chi connectivity index (χ1n) is 20.8. The SMILES string of the molecule is CC1(C)c2ccccc2-c2cc(N(c3ccc(-c4ccccc4)cc3)c3ccc4c(c3)C3(c5ccccc5-c5ccccc53)c3cc(-c5ccccc5)ccc3-4)ccc21. The second kappa shape index (κ2) is 12.6. The van der Waals surface area contributed by atoms with Crippen molar-refractivity contribution in [2.45, 2.75) is 24.7 Å². The summed E-state index contributed by atoms with van der Waals surface area (Å²) in [4.78, 5) is 2.47. The molecule has 0 N–H and O–H groups in total. The Morgan fingerprint density at radius 1 is 0.271 bits per heavy atom. The molecule has 1 spiro atoms. The van der Waals surface area contributed by atoms with Crippen LogP contribution in [-0.2, 0) is 10.8 Å². The second-order valence-corrected chi connectivity index (χ2v) is 16.8. The summed E-state index contributed by atoms with van der Waals surface area (Å²) < 4.78 is 0. The van der Waals surface area contributed by atoms with Crippen molar-refractivity contribution >= 4 is 17.1 Å². The smallest absolute Gasteiger partial charge is 0.0726 e. The Labute approximate surface area is 346 Å². The molecule has 0 saturated heterocycles. The van der Waals surface area contributed by atoms with E-state index in [0.29, 0.717) is 0 Å². The third kappa shape index (κ3) is 4.79. The van der Waals surface area contributed by atoms with Gasteiger partial charge in [0, 0.05) is 22.5 Å². The summed E-state index contributed by atoms with van der Waals surface area (Å²) in [5.41, 5.74) is 23.7. The number of anilines is 3. The van der Waals surface area contributed by atoms with Crippen LogP contribution in [0.2, 0.25) is 0 Å². The van der Waals surface area contributed by atoms with Crippen LogP contribution in [0, 0.1) is 0 Å². The molecule has 1 nitrogen and oxygen atoms in total. The van der Waals surface area contributed by atoms with Crippen molar-refractivity contribution in [3.8, 4) is 55.6 Å². The first-order valence-corrected chi connectivity index (χ1v) is 20.8. The van der Waals surface area contributed by atoms with Gasteiger partial charge >= 0.3 is 0 Å². The normalized spacial score (nSPS) is 14.2. The topological polar surface area (TPSA) is 3.24 Å². The van der Waals surface area contributed by atoms with E-state index in [4.69, 9.17) is 0 Å². The number of rotatable bonds is 5. The predicted molar refractivity (Wildman–Crippen MR) is 246 cm³/mol. The maximum Gasteiger partial charge on any atom is 0.0726 e. The molecule has 0 amide bonds. The van der Waals surface area contributed by atoms with E-state index >= 15 is 0 Å². The van der Waals surface area contributed by atoms with Crippen LogP contribution >= 0.6 is 0 Å². The lowest BCUT2D eigenvalue weighted by molar-refractivity contribution is 0.660. The number of benzene rings is 9. The highest BCUT2D eigenvalue weighted by Gasteiger charge is 2.52. The van der Waals surface area contributed by atoms with Crippen LogP contribution in [0.15, 0.2) is 212 Å². The molecule has 0 saturated carbocycles. The van der Waals surface area contributed by atoms with Gasteiger partial charge < -0.3 is 4.90 Å². The highest BCUT2D eigenvalue weighted by molar-refractivity contribution is 5.97. The Bertz CT molecular complexity index is 3070. The van der Waals surface area contributed by atoms with E-state index in [1.54, 1.807) is 0 Å². The summed E-state index contributed by atoms with van der Waals surface area (Å²) >= 11 is 0. The summed E-state index contributed by atoms with van der Waals surface area (Å²) in [5, 5.41) is 0. The average molecular weight is 752 g/mol. The summed E-state index contributed by atoms with van der Waals surface area (Å²) in [5.74, 6) is 0. The van der Waals surface area contributed by atoms with Gasteiger partial charge in [-0.3, -0.25) is 0 Å². The monoisotopic (exact) mass is 751 g/mol. The van der Waals surface area contributed by atoms with Gasteiger partial charge in [0.1, 0.15) is 0 Å². The molecule has 0 radical (unpaired) electrons. The van der Waals surface area contributed by atoms with Crippen LogP contribution in [0.25, 0.3) is 55.6 Å². The van der Waals surface area contributed by atoms with Crippen molar-refractivity contribution in [3.05, 3.63) is 246 Å². The minimum absolute atomic E-state index is 0.0692. The molecular weight excluding hydrogens is 711 g/mol. The fourth-order valence-corrected chi connectivity index (χ4v) is 10.8. The molecule has 0 bridgehead atoms. The van der Waals surface area contributed by atoms with Crippen molar-refractivity contribution < 1.29 is 0 Å². The minimum Gasteiger partial charge on any atom is -0.310 e. The number of hydrogen-bond acceptors (Lipinski definition) is 1. The van der Waals surface area contributed by atoms with Crippen LogP contribution in [0.3, 0.4) is 0 Å². The molecule has 0 heterocycles. The van der Waals surface area contributed by atoms with Gasteiger partial charge in [-0.25, -0.2) is 0 Å². The van der Waals surface area contributed by atoms with Crippen LogP contribution in [-0.4, -0.2) is 0 Å². The molecule has 0 atom stereocenters. The zero-order valence-electron chi connectivity index (χ0n) is 33.2. The highest BCUT2D eigenvalue weighted by atomic mass is 15.1. The standard InChI is InChI=1S/C58H41N/c1-57(2)51-22-12-9-21-47(51)50-36-43(31-34-52(50)57)59(42-28-25-40(26-29-42)38-15-5-3-6-16-38)44-30-33-49-48-32-27-41(39-17-7-4-8-18-39)35-55(48)58(56(49)37-44)53-23-13-10-19-45(53)46-20-11-14-24-54(46)58/h3-37H,1-2H3. The fourth-order valence-electron chi connectivity index (χ4n) is 10.8. The molecule has 3 aliphatic rings. The Balaban J connectivity index is 1.11. The zero-order chi connectivity index (χ0) is 39.3. The van der Waals surface area contributed by atoms with Gasteiger partial charge in [-0.15, -0.1) is 0 Å². The Morgan fingerprint density at radius 2 is 0.678 bits per heavy atom. The van der Waals surface area contributed by atoms with Gasteiger partial charge in [0.15, 0.2) is 0 Å². The van der Waals surface area contributed by atoms with Crippen LogP contribution in [0.4, 0.5) is 17.1 Å². The lowest BCUT2D eigenvalue weighted by atomic mass is 9.70. The van der Waals surface area contributed by atoms with Crippen molar-refractivity contribution in [2.75, 3.05) is 4.90 Å². The second-order valence-electron chi connectivity index (χ2n) is 16.8. The largest absolute Gasteiger partial charge is 0.310 e. The zero-order valence-corrected chi connectivity index (χ0v) is 33.2. The van der Waals surface area contributed by atoms with E-state index in [0.717, 1.165) is 17.1 Å². The van der Waals surface area contributed by atoms with E-state index in [1.807, 2.05) is 0 Å². The quantitative estimate of drug-likeness (QED) is 0.169. The first-order chi connectivity index (χ1) is 29.0. The highest BCUT2D eigenvalue weighted by Crippen LogP contribution is 2.64. The number of nitrogens with zero attached hydrogens (tertiary/aromatic N) is 1. The van der Waals surface area contributed by atoms with E-state index in [-0.39, 0.29) is 5.41 Å². The Morgan fingerprint density at radius 3 is 1.32 bits per heavy atom. The molecule has 59 heavy (non-hydrogen) atoms. The number of hydrogen-bond donors (Lipinski definition) is 0. The molecule has 9 aromatic rings. The van der Waals surface area contributed by atoms with Crippen LogP contribution < -0.4 is 4.90 Å². The van der Waals surface area contributed by atoms with Gasteiger partial charge in [0.25, 0.3) is 0 Å². The maximum atomic E-state index is 2.51. The van der Waals surface area contributed by atoms with Crippen LogP contribution in [0.1, 0.15) is 47.2 Å². The Kier molecular flexibility index (Phi) is 7.26. The van der Waals surface area contributed by atoms with E-state index in [1.165, 1.54) is 89.0 Å². The lowest BCUT2D eigenvalue weighted by Crippen LogP contribution is -2.26. The number of fused-ring (bicyclic) bond motifs is 13. The molecule has 0 fully saturated rings. The predicted octanol–water partition coefficient (Wildman–Crippen LogP) is 15.1. The summed E-state index contributed by atoms with van der Waals surface area (Å²) in [6.07, 6.45) is 0. The average Bonchev–Trinajstić information content (AvgIpc) is 3.85. The van der Waals surface area contributed by atoms with Crippen molar-refractivity contribution in [3.63, 3.8) is 0 Å². The van der Waals surface area contributed by atoms with E-state index in [2.05, 4.69) is 231 Å². The van der Waals surface area contributed by atoms with E-state index < -0.39 is 5.41 Å². The van der Waals surface area contributed by atoms with Crippen LogP contribution in [0.5, 0.6) is 0 Å². The molecular formula is C58H41N. The van der Waals surface area contributed by atoms with Gasteiger partial charge in [0.05, 0.1) is 5.41 Å². The molecule has 1 heteroatoms. The maximum absolute atomic E-state index is 2.51. The molecule has 0 aliphatic heterocycles. The van der Waals surface area contributed by atoms with Gasteiger partial charge in [-0.1, -0.05) is 184 Å². The van der Waals surface area contributed by atoms with Crippen molar-refractivity contribution in [1.29, 1.82) is 0 Å². The van der Waals surface area contributed by atoms with Gasteiger partial charge in [-0.05, 0) is 131 Å². The first kappa shape index (κ1) is 33.9.